The third-order valence-electron chi connectivity index (χ3n) is 3.11. The lowest BCUT2D eigenvalue weighted by Crippen LogP contribution is -2.48. The number of hydrogen-bond donors (Lipinski definition) is 1. The van der Waals surface area contributed by atoms with Gasteiger partial charge in [0.25, 0.3) is 0 Å². The summed E-state index contributed by atoms with van der Waals surface area (Å²) in [4.78, 5) is 6.43. The molecule has 0 atom stereocenters. The molecule has 0 radical (unpaired) electrons. The molecule has 0 spiro atoms. The van der Waals surface area contributed by atoms with Crippen molar-refractivity contribution in [2.24, 2.45) is 5.73 Å². The molecule has 0 aromatic carbocycles. The summed E-state index contributed by atoms with van der Waals surface area (Å²) in [7, 11) is 0. The average Bonchev–Trinajstić information content (AvgIpc) is 2.29. The maximum absolute atomic E-state index is 9.01. The predicted molar refractivity (Wildman–Crippen MR) is 63.0 cm³/mol. The van der Waals surface area contributed by atoms with Crippen molar-refractivity contribution < 1.29 is 0 Å². The maximum Gasteiger partial charge on any atom is 0.146 e. The normalized spacial score (nSPS) is 19.2. The highest BCUT2D eigenvalue weighted by Crippen LogP contribution is 2.24. The maximum atomic E-state index is 9.01. The van der Waals surface area contributed by atoms with Crippen LogP contribution >= 0.6 is 0 Å². The Balaban J connectivity index is 2.18. The van der Waals surface area contributed by atoms with Gasteiger partial charge in [0.05, 0.1) is 5.56 Å². The second-order valence-corrected chi connectivity index (χ2v) is 4.63. The lowest BCUT2D eigenvalue weighted by molar-refractivity contribution is 0.363. The summed E-state index contributed by atoms with van der Waals surface area (Å²) in [5.41, 5.74) is 6.65. The second-order valence-electron chi connectivity index (χ2n) is 4.63. The summed E-state index contributed by atoms with van der Waals surface area (Å²) >= 11 is 0. The Bertz CT molecular complexity index is 409. The van der Waals surface area contributed by atoms with Gasteiger partial charge in [-0.15, -0.1) is 0 Å². The van der Waals surface area contributed by atoms with Gasteiger partial charge in [-0.3, -0.25) is 0 Å². The van der Waals surface area contributed by atoms with Crippen molar-refractivity contribution in [1.82, 2.24) is 4.98 Å². The Morgan fingerprint density at radius 2 is 2.19 bits per heavy atom. The van der Waals surface area contributed by atoms with Crippen LogP contribution in [0.25, 0.3) is 0 Å². The van der Waals surface area contributed by atoms with Crippen LogP contribution in [0, 0.1) is 11.3 Å². The Kier molecular flexibility index (Phi) is 2.80. The molecular formula is C12H16N4. The van der Waals surface area contributed by atoms with Crippen LogP contribution in [0.2, 0.25) is 0 Å². The van der Waals surface area contributed by atoms with E-state index in [1.165, 1.54) is 0 Å². The van der Waals surface area contributed by atoms with E-state index >= 15 is 0 Å². The van der Waals surface area contributed by atoms with E-state index in [1.54, 1.807) is 18.3 Å². The number of hydrogen-bond acceptors (Lipinski definition) is 4. The molecule has 0 bridgehead atoms. The lowest BCUT2D eigenvalue weighted by atomic mass is 9.91. The molecule has 2 rings (SSSR count). The van der Waals surface area contributed by atoms with Gasteiger partial charge in [-0.25, -0.2) is 4.98 Å². The molecule has 2 N–H and O–H groups in total. The minimum Gasteiger partial charge on any atom is -0.355 e. The fraction of sp³-hybridized carbons (Fsp3) is 0.500. The first-order chi connectivity index (χ1) is 7.62. The van der Waals surface area contributed by atoms with E-state index < -0.39 is 0 Å². The predicted octanol–water partition coefficient (Wildman–Crippen LogP) is 1.27. The second kappa shape index (κ2) is 4.11. The Morgan fingerprint density at radius 3 is 2.81 bits per heavy atom. The molecule has 1 saturated heterocycles. The first kappa shape index (κ1) is 10.9. The van der Waals surface area contributed by atoms with Crippen LogP contribution < -0.4 is 10.6 Å². The third kappa shape index (κ3) is 2.15. The fourth-order valence-corrected chi connectivity index (χ4v) is 1.97. The van der Waals surface area contributed by atoms with Gasteiger partial charge in [0.1, 0.15) is 11.9 Å². The largest absolute Gasteiger partial charge is 0.355 e. The molecule has 84 valence electrons. The van der Waals surface area contributed by atoms with E-state index in [9.17, 15) is 0 Å². The van der Waals surface area contributed by atoms with Crippen molar-refractivity contribution in [3.8, 4) is 6.07 Å². The van der Waals surface area contributed by atoms with Crippen molar-refractivity contribution in [2.75, 3.05) is 18.0 Å². The first-order valence-electron chi connectivity index (χ1n) is 5.51. The summed E-state index contributed by atoms with van der Waals surface area (Å²) in [5.74, 6) is 0.792. The smallest absolute Gasteiger partial charge is 0.146 e. The summed E-state index contributed by atoms with van der Waals surface area (Å²) in [6, 6.07) is 5.77. The van der Waals surface area contributed by atoms with Crippen molar-refractivity contribution in [2.45, 2.75) is 25.3 Å². The van der Waals surface area contributed by atoms with Crippen LogP contribution in [-0.4, -0.2) is 23.6 Å². The first-order valence-corrected chi connectivity index (χ1v) is 5.51. The van der Waals surface area contributed by atoms with Gasteiger partial charge in [-0.05, 0) is 31.9 Å². The van der Waals surface area contributed by atoms with Gasteiger partial charge in [-0.1, -0.05) is 0 Å². The molecule has 1 fully saturated rings. The number of nitrogens with zero attached hydrogens (tertiary/aromatic N) is 3. The molecule has 4 nitrogen and oxygen atoms in total. The van der Waals surface area contributed by atoms with Crippen LogP contribution in [0.1, 0.15) is 25.3 Å². The highest BCUT2D eigenvalue weighted by molar-refractivity contribution is 5.53. The van der Waals surface area contributed by atoms with E-state index in [0.29, 0.717) is 5.56 Å². The third-order valence-corrected chi connectivity index (χ3v) is 3.11. The topological polar surface area (TPSA) is 65.9 Å². The van der Waals surface area contributed by atoms with E-state index in [0.717, 1.165) is 31.7 Å². The summed E-state index contributed by atoms with van der Waals surface area (Å²) < 4.78 is 0. The van der Waals surface area contributed by atoms with Crippen LogP contribution in [-0.2, 0) is 0 Å². The Morgan fingerprint density at radius 1 is 1.50 bits per heavy atom. The van der Waals surface area contributed by atoms with E-state index in [1.807, 2.05) is 0 Å². The van der Waals surface area contributed by atoms with E-state index in [2.05, 4.69) is 22.9 Å². The van der Waals surface area contributed by atoms with Crippen molar-refractivity contribution >= 4 is 5.82 Å². The van der Waals surface area contributed by atoms with Crippen LogP contribution in [0.15, 0.2) is 18.3 Å². The quantitative estimate of drug-likeness (QED) is 0.767. The highest BCUT2D eigenvalue weighted by Gasteiger charge is 2.27. The van der Waals surface area contributed by atoms with Crippen LogP contribution in [0.4, 0.5) is 5.82 Å². The monoisotopic (exact) mass is 216 g/mol. The van der Waals surface area contributed by atoms with Gasteiger partial charge in [-0.2, -0.15) is 5.26 Å². The minimum absolute atomic E-state index is 0.0713. The molecule has 1 aliphatic rings. The van der Waals surface area contributed by atoms with Gasteiger partial charge in [0, 0.05) is 24.8 Å². The molecule has 1 aromatic heterocycles. The number of pyridine rings is 1. The number of rotatable bonds is 1. The highest BCUT2D eigenvalue weighted by atomic mass is 15.2. The molecule has 4 heteroatoms. The minimum atomic E-state index is -0.0713. The molecule has 1 aliphatic heterocycles. The molecule has 1 aromatic rings. The lowest BCUT2D eigenvalue weighted by Gasteiger charge is -2.37. The van der Waals surface area contributed by atoms with Crippen molar-refractivity contribution in [1.29, 1.82) is 5.26 Å². The van der Waals surface area contributed by atoms with Crippen molar-refractivity contribution in [3.63, 3.8) is 0 Å². The van der Waals surface area contributed by atoms with Crippen LogP contribution in [0.3, 0.4) is 0 Å². The molecule has 2 heterocycles. The number of piperidine rings is 1. The zero-order valence-electron chi connectivity index (χ0n) is 9.48. The number of nitriles is 1. The number of anilines is 1. The van der Waals surface area contributed by atoms with Gasteiger partial charge < -0.3 is 10.6 Å². The zero-order valence-corrected chi connectivity index (χ0v) is 9.48. The zero-order chi connectivity index (χ0) is 11.6. The molecule has 16 heavy (non-hydrogen) atoms. The van der Waals surface area contributed by atoms with Gasteiger partial charge in [0.15, 0.2) is 0 Å². The summed E-state index contributed by atoms with van der Waals surface area (Å²) in [6.07, 6.45) is 3.61. The van der Waals surface area contributed by atoms with Gasteiger partial charge in [0.2, 0.25) is 0 Å². The summed E-state index contributed by atoms with van der Waals surface area (Å²) in [5, 5.41) is 9.01. The molecule has 0 unspecified atom stereocenters. The van der Waals surface area contributed by atoms with E-state index in [-0.39, 0.29) is 5.54 Å². The number of aromatic nitrogens is 1. The Hall–Kier alpha value is -1.60. The molecular weight excluding hydrogens is 200 g/mol. The van der Waals surface area contributed by atoms with Crippen molar-refractivity contribution in [3.05, 3.63) is 23.9 Å². The summed E-state index contributed by atoms with van der Waals surface area (Å²) in [6.45, 7) is 3.82. The molecule has 0 amide bonds. The fourth-order valence-electron chi connectivity index (χ4n) is 1.97. The standard InChI is InChI=1S/C12H16N4/c1-12(14)4-7-16(8-5-12)11-10(9-13)3-2-6-15-11/h2-3,6H,4-5,7-8,14H2,1H3. The van der Waals surface area contributed by atoms with E-state index in [4.69, 9.17) is 11.0 Å². The molecule has 0 aliphatic carbocycles. The van der Waals surface area contributed by atoms with Crippen LogP contribution in [0.5, 0.6) is 0 Å². The van der Waals surface area contributed by atoms with Gasteiger partial charge >= 0.3 is 0 Å². The average molecular weight is 216 g/mol. The SMILES string of the molecule is CC1(N)CCN(c2ncccc2C#N)CC1. The Labute approximate surface area is 95.7 Å². The molecule has 0 saturated carbocycles. The number of nitrogens with two attached hydrogens (primary N) is 1.